The Labute approximate surface area is 151 Å². The number of benzene rings is 1. The highest BCUT2D eigenvalue weighted by Gasteiger charge is 2.28. The highest BCUT2D eigenvalue weighted by Crippen LogP contribution is 2.29. The summed E-state index contributed by atoms with van der Waals surface area (Å²) in [5, 5.41) is 9.93. The van der Waals surface area contributed by atoms with Crippen molar-refractivity contribution in [2.24, 2.45) is 5.92 Å². The van der Waals surface area contributed by atoms with Gasteiger partial charge in [0.15, 0.2) is 18.1 Å². The van der Waals surface area contributed by atoms with Crippen molar-refractivity contribution in [2.45, 2.75) is 19.8 Å². The Morgan fingerprint density at radius 1 is 1.19 bits per heavy atom. The molecule has 0 saturated carbocycles. The molecular formula is C18H23NO7. The Balaban J connectivity index is 1.84. The number of phenolic OH excluding ortho intramolecular Hbond substituents is 1. The van der Waals surface area contributed by atoms with Crippen LogP contribution in [0.3, 0.4) is 0 Å². The van der Waals surface area contributed by atoms with Crippen LogP contribution in [0.15, 0.2) is 18.2 Å². The number of phenols is 1. The lowest BCUT2D eigenvalue weighted by molar-refractivity contribution is -0.151. The van der Waals surface area contributed by atoms with Crippen molar-refractivity contribution in [3.8, 4) is 11.5 Å². The van der Waals surface area contributed by atoms with E-state index in [0.717, 1.165) is 0 Å². The molecule has 1 saturated heterocycles. The maximum atomic E-state index is 12.2. The minimum Gasteiger partial charge on any atom is -0.504 e. The molecule has 0 aromatic heterocycles. The number of ether oxygens (including phenoxy) is 3. The van der Waals surface area contributed by atoms with Gasteiger partial charge in [0, 0.05) is 13.1 Å². The smallest absolute Gasteiger partial charge is 0.342 e. The molecule has 0 bridgehead atoms. The number of rotatable bonds is 6. The summed E-state index contributed by atoms with van der Waals surface area (Å²) in [5.41, 5.74) is -0.0711. The van der Waals surface area contributed by atoms with Gasteiger partial charge in [0.25, 0.3) is 5.91 Å². The average Bonchev–Trinajstić information content (AvgIpc) is 2.66. The van der Waals surface area contributed by atoms with Gasteiger partial charge in [0.05, 0.1) is 19.6 Å². The normalized spacial score (nSPS) is 14.6. The van der Waals surface area contributed by atoms with Gasteiger partial charge in [-0.1, -0.05) is 6.07 Å². The van der Waals surface area contributed by atoms with Gasteiger partial charge in [-0.05, 0) is 31.9 Å². The predicted molar refractivity (Wildman–Crippen MR) is 90.9 cm³/mol. The van der Waals surface area contributed by atoms with Crippen LogP contribution in [0.5, 0.6) is 11.5 Å². The van der Waals surface area contributed by atoms with Crippen molar-refractivity contribution in [3.63, 3.8) is 0 Å². The minimum absolute atomic E-state index is 0.0711. The molecule has 8 nitrogen and oxygen atoms in total. The number of hydrogen-bond acceptors (Lipinski definition) is 7. The van der Waals surface area contributed by atoms with E-state index in [1.165, 1.54) is 25.3 Å². The van der Waals surface area contributed by atoms with Crippen LogP contribution in [0.1, 0.15) is 30.1 Å². The number of esters is 2. The lowest BCUT2D eigenvalue weighted by Crippen LogP contribution is -2.42. The van der Waals surface area contributed by atoms with Crippen LogP contribution in [-0.4, -0.2) is 61.3 Å². The van der Waals surface area contributed by atoms with Crippen LogP contribution in [-0.2, 0) is 19.1 Å². The molecule has 1 aromatic rings. The molecule has 1 aliphatic heterocycles. The molecule has 1 N–H and O–H groups in total. The zero-order chi connectivity index (χ0) is 19.1. The number of methoxy groups -OCH3 is 1. The zero-order valence-corrected chi connectivity index (χ0v) is 14.9. The summed E-state index contributed by atoms with van der Waals surface area (Å²) in [7, 11) is 1.37. The molecule has 1 aromatic carbocycles. The van der Waals surface area contributed by atoms with E-state index in [1.807, 2.05) is 0 Å². The summed E-state index contributed by atoms with van der Waals surface area (Å²) < 4.78 is 14.9. The summed E-state index contributed by atoms with van der Waals surface area (Å²) in [6.07, 6.45) is 1.05. The van der Waals surface area contributed by atoms with Crippen LogP contribution in [0.25, 0.3) is 0 Å². The Hall–Kier alpha value is -2.77. The van der Waals surface area contributed by atoms with Crippen LogP contribution in [0.2, 0.25) is 0 Å². The van der Waals surface area contributed by atoms with Crippen LogP contribution >= 0.6 is 0 Å². The van der Waals surface area contributed by atoms with Gasteiger partial charge in [-0.15, -0.1) is 0 Å². The third-order valence-electron chi connectivity index (χ3n) is 4.23. The summed E-state index contributed by atoms with van der Waals surface area (Å²) in [6.45, 7) is 2.48. The predicted octanol–water partition coefficient (Wildman–Crippen LogP) is 1.36. The third-order valence-corrected chi connectivity index (χ3v) is 4.23. The molecule has 2 rings (SSSR count). The van der Waals surface area contributed by atoms with E-state index >= 15 is 0 Å². The fraction of sp³-hybridized carbons (Fsp3) is 0.500. The van der Waals surface area contributed by atoms with Crippen molar-refractivity contribution in [1.82, 2.24) is 4.90 Å². The van der Waals surface area contributed by atoms with E-state index in [9.17, 15) is 19.5 Å². The summed E-state index contributed by atoms with van der Waals surface area (Å²) in [4.78, 5) is 37.5. The lowest BCUT2D eigenvalue weighted by Gasteiger charge is -2.30. The number of piperidine rings is 1. The Kier molecular flexibility index (Phi) is 6.82. The van der Waals surface area contributed by atoms with E-state index in [-0.39, 0.29) is 34.9 Å². The Morgan fingerprint density at radius 3 is 2.50 bits per heavy atom. The number of hydrogen-bond donors (Lipinski definition) is 1. The minimum atomic E-state index is -0.809. The van der Waals surface area contributed by atoms with Gasteiger partial charge in [-0.25, -0.2) is 4.79 Å². The van der Waals surface area contributed by atoms with E-state index in [0.29, 0.717) is 32.5 Å². The van der Waals surface area contributed by atoms with Crippen molar-refractivity contribution >= 4 is 17.8 Å². The zero-order valence-electron chi connectivity index (χ0n) is 14.9. The van der Waals surface area contributed by atoms with Crippen LogP contribution in [0.4, 0.5) is 0 Å². The second-order valence-corrected chi connectivity index (χ2v) is 5.84. The van der Waals surface area contributed by atoms with Gasteiger partial charge in [-0.2, -0.15) is 0 Å². The fourth-order valence-electron chi connectivity index (χ4n) is 2.77. The molecule has 1 amide bonds. The van der Waals surface area contributed by atoms with E-state index in [4.69, 9.17) is 14.2 Å². The first-order valence-corrected chi connectivity index (χ1v) is 8.45. The standard InChI is InChI=1S/C18H23NO7/c1-3-25-17(22)12-7-9-19(10-8-12)15(20)11-26-18(23)13-5-4-6-14(24-2)16(13)21/h4-6,12,21H,3,7-11H2,1-2H3. The average molecular weight is 365 g/mol. The first kappa shape index (κ1) is 19.6. The highest BCUT2D eigenvalue weighted by molar-refractivity contribution is 5.94. The van der Waals surface area contributed by atoms with Crippen molar-refractivity contribution in [2.75, 3.05) is 33.4 Å². The van der Waals surface area contributed by atoms with Gasteiger partial charge in [0.1, 0.15) is 5.56 Å². The molecule has 0 radical (unpaired) electrons. The molecule has 0 spiro atoms. The van der Waals surface area contributed by atoms with E-state index in [1.54, 1.807) is 11.8 Å². The monoisotopic (exact) mass is 365 g/mol. The lowest BCUT2D eigenvalue weighted by atomic mass is 9.97. The number of likely N-dealkylation sites (tertiary alicyclic amines) is 1. The molecule has 0 atom stereocenters. The summed E-state index contributed by atoms with van der Waals surface area (Å²) in [5.74, 6) is -1.77. The molecule has 1 aliphatic rings. The SMILES string of the molecule is CCOC(=O)C1CCN(C(=O)COC(=O)c2cccc(OC)c2O)CC1. The van der Waals surface area contributed by atoms with Crippen molar-refractivity contribution in [3.05, 3.63) is 23.8 Å². The van der Waals surface area contributed by atoms with Gasteiger partial charge >= 0.3 is 11.9 Å². The number of carbonyl (C=O) groups excluding carboxylic acids is 3. The number of carbonyl (C=O) groups is 3. The van der Waals surface area contributed by atoms with Gasteiger partial charge < -0.3 is 24.2 Å². The number of aromatic hydroxyl groups is 1. The molecular weight excluding hydrogens is 342 g/mol. The molecule has 8 heteroatoms. The Bertz CT molecular complexity index is 666. The Morgan fingerprint density at radius 2 is 1.88 bits per heavy atom. The third kappa shape index (κ3) is 4.65. The van der Waals surface area contributed by atoms with Crippen LogP contribution < -0.4 is 4.74 Å². The summed E-state index contributed by atoms with van der Waals surface area (Å²) >= 11 is 0. The molecule has 26 heavy (non-hydrogen) atoms. The maximum absolute atomic E-state index is 12.2. The number of nitrogens with zero attached hydrogens (tertiary/aromatic N) is 1. The largest absolute Gasteiger partial charge is 0.504 e. The second-order valence-electron chi connectivity index (χ2n) is 5.84. The molecule has 142 valence electrons. The topological polar surface area (TPSA) is 102 Å². The summed E-state index contributed by atoms with van der Waals surface area (Å²) in [6, 6.07) is 4.43. The number of para-hydroxylation sites is 1. The first-order valence-electron chi connectivity index (χ1n) is 8.45. The molecule has 1 fully saturated rings. The second kappa shape index (κ2) is 9.07. The van der Waals surface area contributed by atoms with Gasteiger partial charge in [-0.3, -0.25) is 9.59 Å². The molecule has 0 aliphatic carbocycles. The fourth-order valence-corrected chi connectivity index (χ4v) is 2.77. The van der Waals surface area contributed by atoms with Crippen LogP contribution in [0, 0.1) is 5.92 Å². The van der Waals surface area contributed by atoms with Crippen molar-refractivity contribution < 1.29 is 33.7 Å². The quantitative estimate of drug-likeness (QED) is 0.759. The molecule has 0 unspecified atom stereocenters. The maximum Gasteiger partial charge on any atom is 0.342 e. The van der Waals surface area contributed by atoms with Crippen molar-refractivity contribution in [1.29, 1.82) is 0 Å². The first-order chi connectivity index (χ1) is 12.5. The molecule has 1 heterocycles. The van der Waals surface area contributed by atoms with Gasteiger partial charge in [0.2, 0.25) is 0 Å². The number of amides is 1. The van der Waals surface area contributed by atoms with E-state index < -0.39 is 12.6 Å². The highest BCUT2D eigenvalue weighted by atomic mass is 16.5. The van der Waals surface area contributed by atoms with E-state index in [2.05, 4.69) is 0 Å².